The third-order valence-corrected chi connectivity index (χ3v) is 4.63. The highest BCUT2D eigenvalue weighted by Gasteiger charge is 2.23. The summed E-state index contributed by atoms with van der Waals surface area (Å²) in [6.07, 6.45) is 1.36. The van der Waals surface area contributed by atoms with E-state index < -0.39 is 0 Å². The average molecular weight is 366 g/mol. The minimum atomic E-state index is -0.343. The molecule has 1 aliphatic rings. The maximum absolute atomic E-state index is 12.2. The van der Waals surface area contributed by atoms with Crippen molar-refractivity contribution < 1.29 is 9.53 Å². The minimum Gasteiger partial charge on any atom is -0.370 e. The number of benzene rings is 2. The number of nitrogens with zero attached hydrogens (tertiary/aromatic N) is 1. The number of aliphatic imine (C=N–C) groups is 1. The van der Waals surface area contributed by atoms with Crippen LogP contribution < -0.4 is 16.4 Å². The number of ether oxygens (including phenoxy) is 1. The number of carbonyl (C=O) groups is 1. The molecule has 6 heteroatoms. The highest BCUT2D eigenvalue weighted by Crippen LogP contribution is 2.17. The van der Waals surface area contributed by atoms with E-state index in [1.807, 2.05) is 42.5 Å². The molecule has 0 spiro atoms. The number of guanidine groups is 1. The maximum atomic E-state index is 12.2. The van der Waals surface area contributed by atoms with E-state index in [0.717, 1.165) is 29.8 Å². The van der Waals surface area contributed by atoms with Crippen LogP contribution in [0, 0.1) is 13.8 Å². The Bertz CT molecular complexity index is 842. The van der Waals surface area contributed by atoms with Crippen LogP contribution >= 0.6 is 0 Å². The van der Waals surface area contributed by atoms with Crippen LogP contribution in [0.15, 0.2) is 47.5 Å². The van der Waals surface area contributed by atoms with Crippen LogP contribution in [0.5, 0.6) is 0 Å². The van der Waals surface area contributed by atoms with Gasteiger partial charge in [-0.2, -0.15) is 0 Å². The molecule has 6 nitrogen and oxygen atoms in total. The summed E-state index contributed by atoms with van der Waals surface area (Å²) in [5.74, 6) is 0.260. The fourth-order valence-corrected chi connectivity index (χ4v) is 2.94. The topological polar surface area (TPSA) is 88.7 Å². The number of carbonyl (C=O) groups excluding carboxylic acids is 1. The van der Waals surface area contributed by atoms with Crippen LogP contribution in [0.4, 0.5) is 11.4 Å². The van der Waals surface area contributed by atoms with Gasteiger partial charge in [0.1, 0.15) is 6.10 Å². The van der Waals surface area contributed by atoms with E-state index in [1.165, 1.54) is 11.1 Å². The van der Waals surface area contributed by atoms with Gasteiger partial charge in [-0.3, -0.25) is 4.79 Å². The van der Waals surface area contributed by atoms with Crippen molar-refractivity contribution in [3.05, 3.63) is 59.2 Å². The molecule has 1 atom stereocenters. The molecule has 0 aromatic heterocycles. The van der Waals surface area contributed by atoms with Gasteiger partial charge in [-0.1, -0.05) is 18.2 Å². The first-order valence-electron chi connectivity index (χ1n) is 9.17. The Balaban J connectivity index is 1.58. The van der Waals surface area contributed by atoms with Crippen LogP contribution in [0.2, 0.25) is 0 Å². The van der Waals surface area contributed by atoms with Crippen LogP contribution in [0.3, 0.4) is 0 Å². The highest BCUT2D eigenvalue weighted by atomic mass is 16.5. The number of nitrogens with one attached hydrogen (secondary N) is 2. The molecule has 0 radical (unpaired) electrons. The predicted molar refractivity (Wildman–Crippen MR) is 109 cm³/mol. The van der Waals surface area contributed by atoms with Crippen LogP contribution in [-0.2, 0) is 16.1 Å². The fraction of sp³-hybridized carbons (Fsp3) is 0.333. The van der Waals surface area contributed by atoms with Crippen LogP contribution in [0.25, 0.3) is 0 Å². The molecule has 1 fully saturated rings. The summed E-state index contributed by atoms with van der Waals surface area (Å²) in [7, 11) is 0. The third-order valence-electron chi connectivity index (χ3n) is 4.63. The SMILES string of the molecule is Cc1ccc(NC(N)=NCc2cccc(NC(=O)C3CCCO3)c2)cc1C. The number of hydrogen-bond donors (Lipinski definition) is 3. The lowest BCUT2D eigenvalue weighted by atomic mass is 10.1. The smallest absolute Gasteiger partial charge is 0.253 e. The summed E-state index contributed by atoms with van der Waals surface area (Å²) >= 11 is 0. The Morgan fingerprint density at radius 2 is 1.96 bits per heavy atom. The lowest BCUT2D eigenvalue weighted by molar-refractivity contribution is -0.124. The van der Waals surface area contributed by atoms with Gasteiger partial charge in [0, 0.05) is 18.0 Å². The van der Waals surface area contributed by atoms with Gasteiger partial charge >= 0.3 is 0 Å². The quantitative estimate of drug-likeness (QED) is 0.559. The first kappa shape index (κ1) is 18.9. The van der Waals surface area contributed by atoms with Crippen molar-refractivity contribution in [2.75, 3.05) is 17.2 Å². The zero-order valence-corrected chi connectivity index (χ0v) is 15.8. The molecule has 0 aliphatic carbocycles. The summed E-state index contributed by atoms with van der Waals surface area (Å²) in [6.45, 7) is 5.21. The molecular formula is C21H26N4O2. The second kappa shape index (κ2) is 8.68. The van der Waals surface area contributed by atoms with E-state index in [4.69, 9.17) is 10.5 Å². The van der Waals surface area contributed by atoms with Crippen molar-refractivity contribution in [3.8, 4) is 0 Å². The molecular weight excluding hydrogens is 340 g/mol. The molecule has 1 amide bonds. The molecule has 2 aromatic rings. The number of anilines is 2. The van der Waals surface area contributed by atoms with Gasteiger partial charge in [0.05, 0.1) is 6.54 Å². The largest absolute Gasteiger partial charge is 0.370 e. The third kappa shape index (κ3) is 5.31. The fourth-order valence-electron chi connectivity index (χ4n) is 2.94. The second-order valence-electron chi connectivity index (χ2n) is 6.82. The van der Waals surface area contributed by atoms with Gasteiger partial charge in [0.25, 0.3) is 5.91 Å². The molecule has 3 rings (SSSR count). The first-order valence-corrected chi connectivity index (χ1v) is 9.17. The molecule has 0 bridgehead atoms. The van der Waals surface area contributed by atoms with E-state index in [-0.39, 0.29) is 12.0 Å². The minimum absolute atomic E-state index is 0.0935. The summed E-state index contributed by atoms with van der Waals surface area (Å²) in [6, 6.07) is 13.7. The lowest BCUT2D eigenvalue weighted by Crippen LogP contribution is -2.26. The molecule has 1 saturated heterocycles. The summed E-state index contributed by atoms with van der Waals surface area (Å²) < 4.78 is 5.41. The van der Waals surface area contributed by atoms with E-state index in [1.54, 1.807) is 0 Å². The normalized spacial score (nSPS) is 17.0. The van der Waals surface area contributed by atoms with Gasteiger partial charge in [0.2, 0.25) is 0 Å². The molecule has 1 unspecified atom stereocenters. The van der Waals surface area contributed by atoms with Crippen molar-refractivity contribution in [3.63, 3.8) is 0 Å². The van der Waals surface area contributed by atoms with Gasteiger partial charge in [0.15, 0.2) is 5.96 Å². The number of rotatable bonds is 5. The lowest BCUT2D eigenvalue weighted by Gasteiger charge is -2.11. The Labute approximate surface area is 159 Å². The highest BCUT2D eigenvalue weighted by molar-refractivity contribution is 5.94. The predicted octanol–water partition coefficient (Wildman–Crippen LogP) is 3.35. The number of nitrogens with two attached hydrogens (primary N) is 1. The van der Waals surface area contributed by atoms with Gasteiger partial charge in [-0.05, 0) is 67.6 Å². The monoisotopic (exact) mass is 366 g/mol. The standard InChI is InChI=1S/C21H26N4O2/c1-14-8-9-18(11-15(14)2)25-21(22)23-13-16-5-3-6-17(12-16)24-20(26)19-7-4-10-27-19/h3,5-6,8-9,11-12,19H,4,7,10,13H2,1-2H3,(H,24,26)(H3,22,23,25). The Kier molecular flexibility index (Phi) is 6.08. The Hall–Kier alpha value is -2.86. The van der Waals surface area contributed by atoms with Gasteiger partial charge in [-0.15, -0.1) is 0 Å². The molecule has 142 valence electrons. The maximum Gasteiger partial charge on any atom is 0.253 e. The summed E-state index contributed by atoms with van der Waals surface area (Å²) in [5.41, 5.74) is 11.0. The van der Waals surface area contributed by atoms with E-state index in [0.29, 0.717) is 19.1 Å². The molecule has 0 saturated carbocycles. The van der Waals surface area contributed by atoms with E-state index in [2.05, 4.69) is 29.5 Å². The molecule has 4 N–H and O–H groups in total. The Morgan fingerprint density at radius 3 is 2.70 bits per heavy atom. The van der Waals surface area contributed by atoms with Gasteiger partial charge < -0.3 is 21.1 Å². The number of hydrogen-bond acceptors (Lipinski definition) is 3. The average Bonchev–Trinajstić information content (AvgIpc) is 3.18. The van der Waals surface area contributed by atoms with E-state index >= 15 is 0 Å². The van der Waals surface area contributed by atoms with Gasteiger partial charge in [-0.25, -0.2) is 4.99 Å². The molecule has 1 heterocycles. The zero-order chi connectivity index (χ0) is 19.2. The molecule has 2 aromatic carbocycles. The summed E-state index contributed by atoms with van der Waals surface area (Å²) in [5, 5.41) is 6.01. The molecule has 27 heavy (non-hydrogen) atoms. The zero-order valence-electron chi connectivity index (χ0n) is 15.8. The van der Waals surface area contributed by atoms with E-state index in [9.17, 15) is 4.79 Å². The number of amides is 1. The Morgan fingerprint density at radius 1 is 1.15 bits per heavy atom. The van der Waals surface area contributed by atoms with Crippen molar-refractivity contribution in [1.82, 2.24) is 0 Å². The van der Waals surface area contributed by atoms with Crippen molar-refractivity contribution in [1.29, 1.82) is 0 Å². The number of aryl methyl sites for hydroxylation is 2. The van der Waals surface area contributed by atoms with Crippen molar-refractivity contribution in [2.24, 2.45) is 10.7 Å². The second-order valence-corrected chi connectivity index (χ2v) is 6.82. The van der Waals surface area contributed by atoms with Crippen LogP contribution in [-0.4, -0.2) is 24.6 Å². The van der Waals surface area contributed by atoms with Crippen LogP contribution in [0.1, 0.15) is 29.5 Å². The molecule has 1 aliphatic heterocycles. The first-order chi connectivity index (χ1) is 13.0. The summed E-state index contributed by atoms with van der Waals surface area (Å²) in [4.78, 5) is 16.5. The van der Waals surface area contributed by atoms with Crippen molar-refractivity contribution >= 4 is 23.2 Å². The van der Waals surface area contributed by atoms with Crippen molar-refractivity contribution in [2.45, 2.75) is 39.3 Å².